The lowest BCUT2D eigenvalue weighted by atomic mass is 9.87. The summed E-state index contributed by atoms with van der Waals surface area (Å²) in [5.41, 5.74) is 2.57. The summed E-state index contributed by atoms with van der Waals surface area (Å²) in [5.74, 6) is 0.877. The number of hydrogen-bond donors (Lipinski definition) is 0. The molecule has 1 heterocycles. The van der Waals surface area contributed by atoms with E-state index in [1.165, 1.54) is 5.56 Å². The number of aryl methyl sites for hydroxylation is 1. The number of thioether (sulfide) groups is 1. The molecule has 0 unspecified atom stereocenters. The van der Waals surface area contributed by atoms with Gasteiger partial charge in [-0.05, 0) is 22.8 Å². The molecule has 1 aromatic carbocycles. The zero-order chi connectivity index (χ0) is 15.5. The van der Waals surface area contributed by atoms with E-state index in [1.807, 2.05) is 17.1 Å². The standard InChI is InChI=1S/C16H22N4S/c1-6-14-18-19-15(21-5)20(14)17-11-12-7-9-13(10-8-12)16(2,3)4/h7-11H,6H2,1-5H3/b17-11-. The lowest BCUT2D eigenvalue weighted by molar-refractivity contribution is 0.590. The average Bonchev–Trinajstić information content (AvgIpc) is 2.86. The van der Waals surface area contributed by atoms with Gasteiger partial charge in [-0.1, -0.05) is 63.7 Å². The summed E-state index contributed by atoms with van der Waals surface area (Å²) in [4.78, 5) is 0. The molecule has 5 heteroatoms. The monoisotopic (exact) mass is 302 g/mol. The second kappa shape index (κ2) is 6.43. The van der Waals surface area contributed by atoms with Gasteiger partial charge in [-0.15, -0.1) is 10.2 Å². The fraction of sp³-hybridized carbons (Fsp3) is 0.438. The Balaban J connectivity index is 2.24. The minimum absolute atomic E-state index is 0.172. The number of hydrogen-bond acceptors (Lipinski definition) is 4. The predicted molar refractivity (Wildman–Crippen MR) is 89.3 cm³/mol. The highest BCUT2D eigenvalue weighted by molar-refractivity contribution is 7.98. The highest BCUT2D eigenvalue weighted by atomic mass is 32.2. The van der Waals surface area contributed by atoms with Crippen LogP contribution in [0.4, 0.5) is 0 Å². The van der Waals surface area contributed by atoms with E-state index in [9.17, 15) is 0 Å². The fourth-order valence-electron chi connectivity index (χ4n) is 1.95. The van der Waals surface area contributed by atoms with Crippen molar-refractivity contribution in [3.63, 3.8) is 0 Å². The lowest BCUT2D eigenvalue weighted by Gasteiger charge is -2.18. The van der Waals surface area contributed by atoms with E-state index in [2.05, 4.69) is 67.3 Å². The Morgan fingerprint density at radius 1 is 1.19 bits per heavy atom. The summed E-state index contributed by atoms with van der Waals surface area (Å²) >= 11 is 1.55. The van der Waals surface area contributed by atoms with Crippen LogP contribution in [0.5, 0.6) is 0 Å². The molecule has 0 fully saturated rings. The van der Waals surface area contributed by atoms with E-state index in [-0.39, 0.29) is 5.41 Å². The van der Waals surface area contributed by atoms with Gasteiger partial charge in [0, 0.05) is 6.42 Å². The van der Waals surface area contributed by atoms with Crippen LogP contribution in [0.1, 0.15) is 44.6 Å². The van der Waals surface area contributed by atoms with E-state index >= 15 is 0 Å². The third-order valence-corrected chi connectivity index (χ3v) is 3.89. The lowest BCUT2D eigenvalue weighted by Crippen LogP contribution is -2.10. The zero-order valence-corrected chi connectivity index (χ0v) is 14.1. The molecule has 0 spiro atoms. The van der Waals surface area contributed by atoms with Crippen molar-refractivity contribution in [2.75, 3.05) is 6.26 Å². The quantitative estimate of drug-likeness (QED) is 0.638. The molecule has 21 heavy (non-hydrogen) atoms. The van der Waals surface area contributed by atoms with Gasteiger partial charge in [0.05, 0.1) is 6.21 Å². The second-order valence-corrected chi connectivity index (χ2v) is 6.66. The third-order valence-electron chi connectivity index (χ3n) is 3.27. The molecule has 0 atom stereocenters. The molecule has 0 N–H and O–H groups in total. The Labute approximate surface area is 130 Å². The number of benzene rings is 1. The Bertz CT molecular complexity index is 599. The van der Waals surface area contributed by atoms with Gasteiger partial charge < -0.3 is 0 Å². The molecule has 112 valence electrons. The summed E-state index contributed by atoms with van der Waals surface area (Å²) in [7, 11) is 0. The molecule has 0 aliphatic carbocycles. The van der Waals surface area contributed by atoms with Gasteiger partial charge in [-0.2, -0.15) is 9.78 Å². The van der Waals surface area contributed by atoms with Crippen LogP contribution in [-0.4, -0.2) is 27.3 Å². The zero-order valence-electron chi connectivity index (χ0n) is 13.3. The van der Waals surface area contributed by atoms with E-state index in [0.717, 1.165) is 23.0 Å². The topological polar surface area (TPSA) is 43.1 Å². The Morgan fingerprint density at radius 3 is 2.38 bits per heavy atom. The highest BCUT2D eigenvalue weighted by Crippen LogP contribution is 2.22. The minimum atomic E-state index is 0.172. The molecule has 2 aromatic rings. The van der Waals surface area contributed by atoms with Crippen LogP contribution in [0, 0.1) is 0 Å². The maximum atomic E-state index is 4.52. The molecule has 1 aromatic heterocycles. The molecule has 0 aliphatic heterocycles. The largest absolute Gasteiger partial charge is 0.211 e. The van der Waals surface area contributed by atoms with Crippen molar-refractivity contribution in [1.82, 2.24) is 14.9 Å². The maximum Gasteiger partial charge on any atom is 0.211 e. The van der Waals surface area contributed by atoms with Crippen molar-refractivity contribution >= 4 is 18.0 Å². The van der Waals surface area contributed by atoms with Crippen molar-refractivity contribution in [3.05, 3.63) is 41.2 Å². The van der Waals surface area contributed by atoms with E-state index in [1.54, 1.807) is 11.8 Å². The molecule has 0 bridgehead atoms. The molecular weight excluding hydrogens is 280 g/mol. The van der Waals surface area contributed by atoms with Gasteiger partial charge in [-0.3, -0.25) is 0 Å². The Morgan fingerprint density at radius 2 is 1.86 bits per heavy atom. The number of aromatic nitrogens is 3. The van der Waals surface area contributed by atoms with E-state index in [0.29, 0.717) is 0 Å². The summed E-state index contributed by atoms with van der Waals surface area (Å²) in [5, 5.41) is 13.6. The summed E-state index contributed by atoms with van der Waals surface area (Å²) in [6, 6.07) is 8.51. The van der Waals surface area contributed by atoms with E-state index < -0.39 is 0 Å². The summed E-state index contributed by atoms with van der Waals surface area (Å²) in [6.07, 6.45) is 4.65. The van der Waals surface area contributed by atoms with Crippen molar-refractivity contribution in [2.45, 2.75) is 44.7 Å². The molecule has 4 nitrogen and oxygen atoms in total. The van der Waals surface area contributed by atoms with Gasteiger partial charge in [-0.25, -0.2) is 0 Å². The minimum Gasteiger partial charge on any atom is -0.192 e. The van der Waals surface area contributed by atoms with Crippen LogP contribution in [0.15, 0.2) is 34.5 Å². The molecule has 0 amide bonds. The second-order valence-electron chi connectivity index (χ2n) is 5.88. The van der Waals surface area contributed by atoms with E-state index in [4.69, 9.17) is 0 Å². The molecule has 0 saturated carbocycles. The van der Waals surface area contributed by atoms with Crippen molar-refractivity contribution in [3.8, 4) is 0 Å². The maximum absolute atomic E-state index is 4.52. The number of rotatable bonds is 4. The number of nitrogens with zero attached hydrogens (tertiary/aromatic N) is 4. The smallest absolute Gasteiger partial charge is 0.192 e. The molecule has 0 radical (unpaired) electrons. The predicted octanol–water partition coefficient (Wildman–Crippen LogP) is 3.74. The Hall–Kier alpha value is -1.62. The van der Waals surface area contributed by atoms with Gasteiger partial charge in [0.1, 0.15) is 0 Å². The first-order valence-electron chi connectivity index (χ1n) is 7.09. The van der Waals surface area contributed by atoms with Crippen LogP contribution in [0.3, 0.4) is 0 Å². The molecule has 0 aliphatic rings. The normalized spacial score (nSPS) is 12.2. The first kappa shape index (κ1) is 15.8. The van der Waals surface area contributed by atoms with Crippen LogP contribution >= 0.6 is 11.8 Å². The third kappa shape index (κ3) is 3.73. The van der Waals surface area contributed by atoms with Crippen LogP contribution < -0.4 is 0 Å². The first-order valence-corrected chi connectivity index (χ1v) is 8.31. The first-order chi connectivity index (χ1) is 9.95. The van der Waals surface area contributed by atoms with Crippen LogP contribution in [-0.2, 0) is 11.8 Å². The van der Waals surface area contributed by atoms with Crippen LogP contribution in [0.2, 0.25) is 0 Å². The van der Waals surface area contributed by atoms with Gasteiger partial charge in [0.15, 0.2) is 5.82 Å². The SMILES string of the molecule is CCc1nnc(SC)n1/N=C\c1ccc(C(C)(C)C)cc1. The van der Waals surface area contributed by atoms with Crippen molar-refractivity contribution in [2.24, 2.45) is 5.10 Å². The van der Waals surface area contributed by atoms with Gasteiger partial charge in [0.2, 0.25) is 5.16 Å². The molecule has 0 saturated heterocycles. The average molecular weight is 302 g/mol. The molecular formula is C16H22N4S. The summed E-state index contributed by atoms with van der Waals surface area (Å²) in [6.45, 7) is 8.70. The van der Waals surface area contributed by atoms with Crippen LogP contribution in [0.25, 0.3) is 0 Å². The fourth-order valence-corrected chi connectivity index (χ4v) is 2.40. The van der Waals surface area contributed by atoms with Gasteiger partial charge >= 0.3 is 0 Å². The molecule has 2 rings (SSSR count). The van der Waals surface area contributed by atoms with Crippen molar-refractivity contribution in [1.29, 1.82) is 0 Å². The summed E-state index contributed by atoms with van der Waals surface area (Å²) < 4.78 is 1.81. The Kier molecular flexibility index (Phi) is 4.83. The van der Waals surface area contributed by atoms with Crippen molar-refractivity contribution < 1.29 is 0 Å². The highest BCUT2D eigenvalue weighted by Gasteiger charge is 2.12. The van der Waals surface area contributed by atoms with Gasteiger partial charge in [0.25, 0.3) is 0 Å².